The van der Waals surface area contributed by atoms with E-state index in [4.69, 9.17) is 5.11 Å². The first-order chi connectivity index (χ1) is 7.70. The summed E-state index contributed by atoms with van der Waals surface area (Å²) in [6, 6.07) is 2.62. The highest BCUT2D eigenvalue weighted by molar-refractivity contribution is 5.96. The number of carboxylic acid groups (broad SMARTS) is 1. The van der Waals surface area contributed by atoms with E-state index in [2.05, 4.69) is 4.98 Å². The van der Waals surface area contributed by atoms with Gasteiger partial charge in [-0.25, -0.2) is 4.79 Å². The zero-order valence-corrected chi connectivity index (χ0v) is 8.67. The molecule has 5 nitrogen and oxygen atoms in total. The molecule has 1 N–H and O–H groups in total. The number of aliphatic carboxylic acids is 1. The summed E-state index contributed by atoms with van der Waals surface area (Å²) in [6.07, 6.45) is 4.30. The van der Waals surface area contributed by atoms with E-state index < -0.39 is 12.0 Å². The number of aromatic nitrogens is 1. The summed E-state index contributed by atoms with van der Waals surface area (Å²) in [5.41, 5.74) is 0.440. The quantitative estimate of drug-likeness (QED) is 0.799. The Morgan fingerprint density at radius 1 is 1.50 bits per heavy atom. The van der Waals surface area contributed by atoms with Crippen LogP contribution >= 0.6 is 0 Å². The number of amides is 1. The summed E-state index contributed by atoms with van der Waals surface area (Å²) in [7, 11) is 0. The van der Waals surface area contributed by atoms with Crippen molar-refractivity contribution in [1.82, 2.24) is 9.88 Å². The molecule has 0 unspecified atom stereocenters. The Labute approximate surface area is 92.7 Å². The molecule has 1 amide bonds. The van der Waals surface area contributed by atoms with Gasteiger partial charge in [-0.2, -0.15) is 0 Å². The molecule has 1 saturated heterocycles. The summed E-state index contributed by atoms with van der Waals surface area (Å²) < 4.78 is 0. The molecule has 1 atom stereocenters. The zero-order chi connectivity index (χ0) is 11.5. The van der Waals surface area contributed by atoms with Crippen LogP contribution in [0.5, 0.6) is 0 Å². The van der Waals surface area contributed by atoms with Gasteiger partial charge in [-0.3, -0.25) is 9.78 Å². The van der Waals surface area contributed by atoms with Crippen LogP contribution in [0.4, 0.5) is 0 Å². The highest BCUT2D eigenvalue weighted by atomic mass is 16.4. The summed E-state index contributed by atoms with van der Waals surface area (Å²) in [6.45, 7) is 0.505. The highest BCUT2D eigenvalue weighted by Gasteiger charge is 2.34. The number of hydrogen-bond acceptors (Lipinski definition) is 3. The lowest BCUT2D eigenvalue weighted by Crippen LogP contribution is -2.40. The number of pyridine rings is 1. The third-order valence-corrected chi connectivity index (χ3v) is 2.71. The van der Waals surface area contributed by atoms with Gasteiger partial charge in [0.2, 0.25) is 0 Å². The van der Waals surface area contributed by atoms with Crippen molar-refractivity contribution in [3.05, 3.63) is 30.1 Å². The molecule has 1 aromatic heterocycles. The van der Waals surface area contributed by atoms with Crippen molar-refractivity contribution in [3.63, 3.8) is 0 Å². The molecule has 16 heavy (non-hydrogen) atoms. The van der Waals surface area contributed by atoms with E-state index >= 15 is 0 Å². The van der Waals surface area contributed by atoms with E-state index in [-0.39, 0.29) is 5.91 Å². The normalized spacial score (nSPS) is 19.8. The van der Waals surface area contributed by atoms with Gasteiger partial charge in [0, 0.05) is 18.9 Å². The third-order valence-electron chi connectivity index (χ3n) is 2.71. The topological polar surface area (TPSA) is 70.5 Å². The van der Waals surface area contributed by atoms with Gasteiger partial charge in [-0.1, -0.05) is 0 Å². The van der Waals surface area contributed by atoms with Gasteiger partial charge in [-0.05, 0) is 25.0 Å². The standard InChI is InChI=1S/C11H12N2O3/c14-10(8-3-1-5-12-7-8)13-6-2-4-9(13)11(15)16/h1,3,5,7,9H,2,4,6H2,(H,15,16)/t9-/m0/s1. The monoisotopic (exact) mass is 220 g/mol. The molecule has 0 spiro atoms. The first-order valence-corrected chi connectivity index (χ1v) is 5.14. The molecule has 1 fully saturated rings. The average molecular weight is 220 g/mol. The second-order valence-electron chi connectivity index (χ2n) is 3.74. The van der Waals surface area contributed by atoms with Crippen LogP contribution in [0.2, 0.25) is 0 Å². The van der Waals surface area contributed by atoms with E-state index in [1.165, 1.54) is 11.1 Å². The molecule has 0 aromatic carbocycles. The lowest BCUT2D eigenvalue weighted by atomic mass is 10.2. The second-order valence-corrected chi connectivity index (χ2v) is 3.74. The highest BCUT2D eigenvalue weighted by Crippen LogP contribution is 2.19. The van der Waals surface area contributed by atoms with Gasteiger partial charge < -0.3 is 10.0 Å². The summed E-state index contributed by atoms with van der Waals surface area (Å²) in [4.78, 5) is 28.2. The third kappa shape index (κ3) is 1.88. The molecule has 0 aliphatic carbocycles. The Bertz CT molecular complexity index is 405. The van der Waals surface area contributed by atoms with Crippen molar-refractivity contribution in [3.8, 4) is 0 Å². The molecule has 0 saturated carbocycles. The van der Waals surface area contributed by atoms with Gasteiger partial charge >= 0.3 is 5.97 Å². The first kappa shape index (κ1) is 10.6. The van der Waals surface area contributed by atoms with Crippen molar-refractivity contribution in [2.45, 2.75) is 18.9 Å². The van der Waals surface area contributed by atoms with Gasteiger partial charge in [-0.15, -0.1) is 0 Å². The largest absolute Gasteiger partial charge is 0.480 e. The predicted octanol–water partition coefficient (Wildman–Crippen LogP) is 0.771. The molecule has 1 aliphatic rings. The van der Waals surface area contributed by atoms with Crippen LogP contribution in [0.1, 0.15) is 23.2 Å². The summed E-state index contributed by atoms with van der Waals surface area (Å²) >= 11 is 0. The lowest BCUT2D eigenvalue weighted by Gasteiger charge is -2.21. The SMILES string of the molecule is O=C(O)[C@@H]1CCCN1C(=O)c1cccnc1. The average Bonchev–Trinajstić information content (AvgIpc) is 2.78. The van der Waals surface area contributed by atoms with Crippen LogP contribution in [-0.2, 0) is 4.79 Å². The number of carboxylic acids is 1. The molecule has 0 bridgehead atoms. The van der Waals surface area contributed by atoms with E-state index in [0.717, 1.165) is 6.42 Å². The van der Waals surface area contributed by atoms with Crippen LogP contribution in [-0.4, -0.2) is 39.5 Å². The summed E-state index contributed by atoms with van der Waals surface area (Å²) in [5.74, 6) is -1.19. The Morgan fingerprint density at radius 2 is 2.31 bits per heavy atom. The minimum atomic E-state index is -0.935. The van der Waals surface area contributed by atoms with Crippen LogP contribution in [0.25, 0.3) is 0 Å². The van der Waals surface area contributed by atoms with Gasteiger partial charge in [0.1, 0.15) is 6.04 Å². The Morgan fingerprint density at radius 3 is 2.94 bits per heavy atom. The Hall–Kier alpha value is -1.91. The second kappa shape index (κ2) is 4.30. The molecule has 5 heteroatoms. The molecule has 2 heterocycles. The maximum Gasteiger partial charge on any atom is 0.326 e. The summed E-state index contributed by atoms with van der Waals surface area (Å²) in [5, 5.41) is 8.97. The molecule has 2 rings (SSSR count). The fourth-order valence-corrected chi connectivity index (χ4v) is 1.92. The molecule has 0 radical (unpaired) electrons. The van der Waals surface area contributed by atoms with Crippen molar-refractivity contribution in [2.75, 3.05) is 6.54 Å². The zero-order valence-electron chi connectivity index (χ0n) is 8.67. The number of hydrogen-bond donors (Lipinski definition) is 1. The molecular weight excluding hydrogens is 208 g/mol. The van der Waals surface area contributed by atoms with Crippen LogP contribution < -0.4 is 0 Å². The Balaban J connectivity index is 2.19. The number of likely N-dealkylation sites (tertiary alicyclic amines) is 1. The molecular formula is C11H12N2O3. The Kier molecular flexibility index (Phi) is 2.85. The van der Waals surface area contributed by atoms with Crippen LogP contribution in [0.3, 0.4) is 0 Å². The van der Waals surface area contributed by atoms with Gasteiger partial charge in [0.25, 0.3) is 5.91 Å². The van der Waals surface area contributed by atoms with Gasteiger partial charge in [0.15, 0.2) is 0 Å². The maximum absolute atomic E-state index is 12.0. The minimum absolute atomic E-state index is 0.252. The van der Waals surface area contributed by atoms with E-state index in [9.17, 15) is 9.59 Å². The van der Waals surface area contributed by atoms with Gasteiger partial charge in [0.05, 0.1) is 5.56 Å². The van der Waals surface area contributed by atoms with E-state index in [1.54, 1.807) is 18.3 Å². The van der Waals surface area contributed by atoms with E-state index in [1.807, 2.05) is 0 Å². The van der Waals surface area contributed by atoms with E-state index in [0.29, 0.717) is 18.5 Å². The number of rotatable bonds is 2. The van der Waals surface area contributed by atoms with Crippen molar-refractivity contribution >= 4 is 11.9 Å². The van der Waals surface area contributed by atoms with Crippen molar-refractivity contribution < 1.29 is 14.7 Å². The fraction of sp³-hybridized carbons (Fsp3) is 0.364. The molecule has 1 aromatic rings. The number of nitrogens with zero attached hydrogens (tertiary/aromatic N) is 2. The minimum Gasteiger partial charge on any atom is -0.480 e. The van der Waals surface area contributed by atoms with Crippen LogP contribution in [0, 0.1) is 0 Å². The number of carbonyl (C=O) groups excluding carboxylic acids is 1. The van der Waals surface area contributed by atoms with Crippen LogP contribution in [0.15, 0.2) is 24.5 Å². The predicted molar refractivity (Wildman–Crippen MR) is 55.9 cm³/mol. The smallest absolute Gasteiger partial charge is 0.326 e. The fourth-order valence-electron chi connectivity index (χ4n) is 1.92. The van der Waals surface area contributed by atoms with Crippen molar-refractivity contribution in [1.29, 1.82) is 0 Å². The molecule has 1 aliphatic heterocycles. The number of carbonyl (C=O) groups is 2. The maximum atomic E-state index is 12.0. The van der Waals surface area contributed by atoms with Crippen molar-refractivity contribution in [2.24, 2.45) is 0 Å². The molecule has 84 valence electrons. The lowest BCUT2D eigenvalue weighted by molar-refractivity contribution is -0.141. The first-order valence-electron chi connectivity index (χ1n) is 5.14.